The third kappa shape index (κ3) is 1.98. The van der Waals surface area contributed by atoms with E-state index in [-0.39, 0.29) is 0 Å². The Labute approximate surface area is 89.8 Å². The van der Waals surface area contributed by atoms with Gasteiger partial charge in [0, 0.05) is 11.1 Å². The first-order valence-corrected chi connectivity index (χ1v) is 6.34. The molecule has 1 unspecified atom stereocenters. The molecule has 0 radical (unpaired) electrons. The van der Waals surface area contributed by atoms with Crippen LogP contribution in [-0.4, -0.2) is 11.5 Å². The number of rotatable bonds is 4. The molecule has 2 rings (SSSR count). The summed E-state index contributed by atoms with van der Waals surface area (Å²) in [5, 5.41) is 7.00. The molecule has 1 atom stereocenters. The van der Waals surface area contributed by atoms with Crippen molar-refractivity contribution >= 4 is 11.3 Å². The number of aryl methyl sites for hydroxylation is 1. The standard InChI is InChI=1S/C11H18N2S/c1-3-12-10(9-5-4-6-9)11-13-8(2)7-14-11/h7,9-10,12H,3-6H2,1-2H3. The fourth-order valence-electron chi connectivity index (χ4n) is 1.96. The van der Waals surface area contributed by atoms with E-state index < -0.39 is 0 Å². The Morgan fingerprint density at radius 3 is 2.86 bits per heavy atom. The zero-order valence-corrected chi connectivity index (χ0v) is 9.73. The first-order valence-electron chi connectivity index (χ1n) is 5.46. The van der Waals surface area contributed by atoms with Crippen LogP contribution in [0.3, 0.4) is 0 Å². The number of aromatic nitrogens is 1. The van der Waals surface area contributed by atoms with Gasteiger partial charge in [-0.05, 0) is 32.2 Å². The van der Waals surface area contributed by atoms with Crippen molar-refractivity contribution in [1.82, 2.24) is 10.3 Å². The summed E-state index contributed by atoms with van der Waals surface area (Å²) in [6, 6.07) is 0.521. The zero-order chi connectivity index (χ0) is 9.97. The summed E-state index contributed by atoms with van der Waals surface area (Å²) < 4.78 is 0. The second-order valence-electron chi connectivity index (χ2n) is 4.05. The molecule has 1 aliphatic carbocycles. The van der Waals surface area contributed by atoms with Crippen molar-refractivity contribution in [3.8, 4) is 0 Å². The molecule has 1 aromatic rings. The number of nitrogens with one attached hydrogen (secondary N) is 1. The zero-order valence-electron chi connectivity index (χ0n) is 8.92. The van der Waals surface area contributed by atoms with E-state index >= 15 is 0 Å². The minimum atomic E-state index is 0.521. The predicted octanol–water partition coefficient (Wildman–Crippen LogP) is 2.90. The average Bonchev–Trinajstić information content (AvgIpc) is 2.48. The van der Waals surface area contributed by atoms with E-state index in [0.717, 1.165) is 18.2 Å². The molecule has 0 bridgehead atoms. The number of nitrogens with zero attached hydrogens (tertiary/aromatic N) is 1. The van der Waals surface area contributed by atoms with Crippen LogP contribution in [0, 0.1) is 12.8 Å². The second kappa shape index (κ2) is 4.41. The minimum absolute atomic E-state index is 0.521. The maximum Gasteiger partial charge on any atom is 0.110 e. The summed E-state index contributed by atoms with van der Waals surface area (Å²) in [5.41, 5.74) is 1.16. The van der Waals surface area contributed by atoms with E-state index in [1.165, 1.54) is 24.3 Å². The largest absolute Gasteiger partial charge is 0.308 e. The second-order valence-corrected chi connectivity index (χ2v) is 4.94. The highest BCUT2D eigenvalue weighted by atomic mass is 32.1. The molecule has 78 valence electrons. The van der Waals surface area contributed by atoms with Crippen molar-refractivity contribution in [3.05, 3.63) is 16.1 Å². The highest BCUT2D eigenvalue weighted by molar-refractivity contribution is 7.09. The lowest BCUT2D eigenvalue weighted by Crippen LogP contribution is -2.32. The van der Waals surface area contributed by atoms with Crippen molar-refractivity contribution in [3.63, 3.8) is 0 Å². The third-order valence-electron chi connectivity index (χ3n) is 2.95. The normalized spacial score (nSPS) is 19.3. The summed E-state index contributed by atoms with van der Waals surface area (Å²) in [4.78, 5) is 4.59. The smallest absolute Gasteiger partial charge is 0.110 e. The van der Waals surface area contributed by atoms with Crippen LogP contribution in [-0.2, 0) is 0 Å². The van der Waals surface area contributed by atoms with Gasteiger partial charge in [0.25, 0.3) is 0 Å². The molecule has 2 nitrogen and oxygen atoms in total. The van der Waals surface area contributed by atoms with Gasteiger partial charge < -0.3 is 5.32 Å². The van der Waals surface area contributed by atoms with Crippen molar-refractivity contribution in [1.29, 1.82) is 0 Å². The first-order chi connectivity index (χ1) is 6.81. The van der Waals surface area contributed by atoms with Crippen molar-refractivity contribution in [2.75, 3.05) is 6.54 Å². The molecule has 1 aromatic heterocycles. The van der Waals surface area contributed by atoms with Crippen LogP contribution >= 0.6 is 11.3 Å². The van der Waals surface area contributed by atoms with Gasteiger partial charge in [-0.15, -0.1) is 11.3 Å². The summed E-state index contributed by atoms with van der Waals surface area (Å²) in [5.74, 6) is 0.834. The molecule has 1 fully saturated rings. The van der Waals surface area contributed by atoms with Gasteiger partial charge >= 0.3 is 0 Å². The van der Waals surface area contributed by atoms with Crippen LogP contribution < -0.4 is 5.32 Å². The van der Waals surface area contributed by atoms with Gasteiger partial charge in [-0.3, -0.25) is 0 Å². The van der Waals surface area contributed by atoms with Gasteiger partial charge in [0.1, 0.15) is 5.01 Å². The summed E-state index contributed by atoms with van der Waals surface area (Å²) in [6.07, 6.45) is 4.14. The molecule has 0 spiro atoms. The molecule has 1 aliphatic rings. The van der Waals surface area contributed by atoms with E-state index in [4.69, 9.17) is 0 Å². The minimum Gasteiger partial charge on any atom is -0.308 e. The van der Waals surface area contributed by atoms with E-state index in [2.05, 4.69) is 29.5 Å². The van der Waals surface area contributed by atoms with Crippen LogP contribution in [0.2, 0.25) is 0 Å². The van der Waals surface area contributed by atoms with Crippen LogP contribution in [0.15, 0.2) is 5.38 Å². The molecular weight excluding hydrogens is 192 g/mol. The van der Waals surface area contributed by atoms with Gasteiger partial charge in [0.05, 0.1) is 6.04 Å². The van der Waals surface area contributed by atoms with Gasteiger partial charge in [-0.25, -0.2) is 4.98 Å². The van der Waals surface area contributed by atoms with Crippen LogP contribution in [0.5, 0.6) is 0 Å². The molecule has 0 aromatic carbocycles. The first kappa shape index (κ1) is 10.1. The Balaban J connectivity index is 2.09. The Bertz CT molecular complexity index is 291. The van der Waals surface area contributed by atoms with Gasteiger partial charge in [0.15, 0.2) is 0 Å². The Morgan fingerprint density at radius 2 is 2.43 bits per heavy atom. The quantitative estimate of drug-likeness (QED) is 0.826. The fraction of sp³-hybridized carbons (Fsp3) is 0.727. The van der Waals surface area contributed by atoms with Crippen LogP contribution in [0.25, 0.3) is 0 Å². The molecule has 0 amide bonds. The fourth-order valence-corrected chi connectivity index (χ4v) is 2.93. The third-order valence-corrected chi connectivity index (χ3v) is 3.99. The molecule has 3 heteroatoms. The van der Waals surface area contributed by atoms with Crippen LogP contribution in [0.4, 0.5) is 0 Å². The SMILES string of the molecule is CCNC(c1nc(C)cs1)C1CCC1. The van der Waals surface area contributed by atoms with E-state index in [1.807, 2.05) is 0 Å². The molecule has 1 saturated carbocycles. The molecule has 1 N–H and O–H groups in total. The lowest BCUT2D eigenvalue weighted by molar-refractivity contribution is 0.232. The summed E-state index contributed by atoms with van der Waals surface area (Å²) >= 11 is 1.80. The van der Waals surface area contributed by atoms with Gasteiger partial charge in [-0.2, -0.15) is 0 Å². The predicted molar refractivity (Wildman–Crippen MR) is 60.6 cm³/mol. The van der Waals surface area contributed by atoms with Gasteiger partial charge in [-0.1, -0.05) is 13.3 Å². The van der Waals surface area contributed by atoms with E-state index in [9.17, 15) is 0 Å². The lowest BCUT2D eigenvalue weighted by Gasteiger charge is -2.33. The van der Waals surface area contributed by atoms with E-state index in [0.29, 0.717) is 6.04 Å². The summed E-state index contributed by atoms with van der Waals surface area (Å²) in [7, 11) is 0. The van der Waals surface area contributed by atoms with Crippen LogP contribution in [0.1, 0.15) is 42.9 Å². The van der Waals surface area contributed by atoms with Crippen molar-refractivity contribution in [2.24, 2.45) is 5.92 Å². The number of thiazole rings is 1. The maximum atomic E-state index is 4.59. The Morgan fingerprint density at radius 1 is 1.64 bits per heavy atom. The monoisotopic (exact) mass is 210 g/mol. The molecule has 0 saturated heterocycles. The maximum absolute atomic E-state index is 4.59. The Hall–Kier alpha value is -0.410. The molecule has 1 heterocycles. The number of hydrogen-bond donors (Lipinski definition) is 1. The topological polar surface area (TPSA) is 24.9 Å². The molecule has 0 aliphatic heterocycles. The van der Waals surface area contributed by atoms with Gasteiger partial charge in [0.2, 0.25) is 0 Å². The van der Waals surface area contributed by atoms with Crippen molar-refractivity contribution in [2.45, 2.75) is 39.2 Å². The summed E-state index contributed by atoms with van der Waals surface area (Å²) in [6.45, 7) is 5.29. The van der Waals surface area contributed by atoms with Crippen molar-refractivity contribution < 1.29 is 0 Å². The Kier molecular flexibility index (Phi) is 3.19. The molecular formula is C11H18N2S. The molecule has 14 heavy (non-hydrogen) atoms. The lowest BCUT2D eigenvalue weighted by atomic mass is 9.80. The highest BCUT2D eigenvalue weighted by Crippen LogP contribution is 2.38. The highest BCUT2D eigenvalue weighted by Gasteiger charge is 2.29. The van der Waals surface area contributed by atoms with E-state index in [1.54, 1.807) is 11.3 Å². The number of hydrogen-bond acceptors (Lipinski definition) is 3. The average molecular weight is 210 g/mol.